The minimum atomic E-state index is -2.05. The van der Waals surface area contributed by atoms with E-state index in [0.717, 1.165) is 32.0 Å². The molecule has 2 bridgehead atoms. The molecule has 0 aromatic carbocycles. The first-order chi connectivity index (χ1) is 40.6. The molecule has 6 aliphatic heterocycles. The number of hydrogen-bond acceptors (Lipinski definition) is 28. The van der Waals surface area contributed by atoms with Crippen molar-refractivity contribution in [3.63, 3.8) is 0 Å². The van der Waals surface area contributed by atoms with Gasteiger partial charge >= 0.3 is 0 Å². The molecular formula is C58H94O28. The second-order valence-electron chi connectivity index (χ2n) is 28.5. The van der Waals surface area contributed by atoms with Gasteiger partial charge in [-0.25, -0.2) is 0 Å². The maximum atomic E-state index is 12.7. The highest BCUT2D eigenvalue weighted by molar-refractivity contribution is 5.59. The van der Waals surface area contributed by atoms with Gasteiger partial charge in [0.05, 0.1) is 64.1 Å². The van der Waals surface area contributed by atoms with E-state index in [9.17, 15) is 86.5 Å². The van der Waals surface area contributed by atoms with Gasteiger partial charge in [0.15, 0.2) is 31.5 Å². The molecule has 0 radical (unpaired) electrons. The Balaban J connectivity index is 0.878. The molecule has 35 atom stereocenters. The van der Waals surface area contributed by atoms with E-state index in [1.54, 1.807) is 0 Å². The van der Waals surface area contributed by atoms with Crippen LogP contribution < -0.4 is 0 Å². The van der Waals surface area contributed by atoms with Gasteiger partial charge in [-0.2, -0.15) is 0 Å². The van der Waals surface area contributed by atoms with E-state index in [-0.39, 0.29) is 29.8 Å². The number of aldehydes is 1. The van der Waals surface area contributed by atoms with Crippen LogP contribution in [0.2, 0.25) is 0 Å². The Kier molecular flexibility index (Phi) is 18.6. The van der Waals surface area contributed by atoms with E-state index in [1.165, 1.54) is 0 Å². The molecule has 11 aliphatic rings. The zero-order valence-electron chi connectivity index (χ0n) is 49.3. The molecule has 6 heterocycles. The summed E-state index contributed by atoms with van der Waals surface area (Å²) in [4.78, 5) is 12.6. The molecule has 0 amide bonds. The van der Waals surface area contributed by atoms with Crippen molar-refractivity contribution in [3.05, 3.63) is 0 Å². The summed E-state index contributed by atoms with van der Waals surface area (Å²) in [5, 5.41) is 176. The van der Waals surface area contributed by atoms with Gasteiger partial charge in [-0.3, -0.25) is 0 Å². The summed E-state index contributed by atoms with van der Waals surface area (Å²) in [7, 11) is 0. The number of carbonyl (C=O) groups is 1. The molecule has 0 aromatic heterocycles. The quantitative estimate of drug-likeness (QED) is 0.0539. The third-order valence-electron chi connectivity index (χ3n) is 24.2. The molecule has 86 heavy (non-hydrogen) atoms. The van der Waals surface area contributed by atoms with Gasteiger partial charge in [0.1, 0.15) is 116 Å². The minimum absolute atomic E-state index is 0.000797. The second kappa shape index (κ2) is 24.2. The smallest absolute Gasteiger partial charge is 0.187 e. The van der Waals surface area contributed by atoms with E-state index < -0.39 is 219 Å². The van der Waals surface area contributed by atoms with Crippen LogP contribution in [0.15, 0.2) is 0 Å². The molecule has 1 spiro atoms. The van der Waals surface area contributed by atoms with Crippen LogP contribution in [-0.2, 0) is 56.9 Å². The Morgan fingerprint density at radius 3 is 1.67 bits per heavy atom. The Morgan fingerprint density at radius 2 is 1.06 bits per heavy atom. The van der Waals surface area contributed by atoms with Crippen molar-refractivity contribution < 1.29 is 139 Å². The number of rotatable bonds is 15. The first kappa shape index (κ1) is 66.1. The summed E-state index contributed by atoms with van der Waals surface area (Å²) in [6.45, 7) is 7.19. The zero-order chi connectivity index (χ0) is 62.2. The summed E-state index contributed by atoms with van der Waals surface area (Å²) in [6.07, 6.45) is -35.8. The van der Waals surface area contributed by atoms with E-state index in [0.29, 0.717) is 45.1 Å². The van der Waals surface area contributed by atoms with E-state index >= 15 is 0 Å². The summed E-state index contributed by atoms with van der Waals surface area (Å²) in [5.41, 5.74) is -3.70. The lowest BCUT2D eigenvalue weighted by Gasteiger charge is -2.75. The molecule has 6 saturated heterocycles. The predicted molar refractivity (Wildman–Crippen MR) is 285 cm³/mol. The van der Waals surface area contributed by atoms with Crippen LogP contribution in [0.1, 0.15) is 98.8 Å². The Bertz CT molecular complexity index is 2360. The van der Waals surface area contributed by atoms with Crippen LogP contribution in [0.4, 0.5) is 0 Å². The number of aliphatic hydroxyl groups excluding tert-OH is 16. The Labute approximate surface area is 498 Å². The summed E-state index contributed by atoms with van der Waals surface area (Å²) >= 11 is 0. The lowest BCUT2D eigenvalue weighted by atomic mass is 9.30. The summed E-state index contributed by atoms with van der Waals surface area (Å²) in [5.74, 6) is -0.0696. The number of aliphatic hydroxyl groups is 16. The number of carbonyl (C=O) groups excluding carboxylic acids is 1. The molecule has 16 N–H and O–H groups in total. The van der Waals surface area contributed by atoms with Crippen LogP contribution in [0, 0.1) is 50.2 Å². The SMILES string of the molecule is C[C@]1(C=O)CC[C@]23CO[C@@]4(CCC5[C@@]6(C)CC[C@H](O[C@@H]7OC[C@H](O[C@@H]8O[C@H](CO)[C@@H](O)[C@H](O[C@@H]9O[C@H](CO)[C@@H](O)[C@H](O)[C@H]9O)[C@H]8O[C@@H]8OC[C@@H](O)[C@H](O)[C@H]8O)[C@H](O)[C@H]7O[C@@H]7O[C@H](CO)[C@@H](O)[C@H](O)[C@H]7O)[C@@](C)(CO)C6CC[C@@]5(C)[C@]4(C)C[C@H]2O)C3C1. The van der Waals surface area contributed by atoms with E-state index in [2.05, 4.69) is 20.8 Å². The molecule has 28 heteroatoms. The fourth-order valence-corrected chi connectivity index (χ4v) is 18.9. The van der Waals surface area contributed by atoms with Crippen LogP contribution in [-0.4, -0.2) is 293 Å². The second-order valence-corrected chi connectivity index (χ2v) is 28.5. The van der Waals surface area contributed by atoms with Crippen LogP contribution >= 0.6 is 0 Å². The van der Waals surface area contributed by atoms with Gasteiger partial charge in [0, 0.05) is 21.7 Å². The summed E-state index contributed by atoms with van der Waals surface area (Å²) in [6, 6.07) is 0. The zero-order valence-corrected chi connectivity index (χ0v) is 49.3. The van der Waals surface area contributed by atoms with E-state index in [1.807, 2.05) is 13.8 Å². The number of ether oxygens (including phenoxy) is 11. The monoisotopic (exact) mass is 1240 g/mol. The standard InChI is InChI=1S/C58H94O28/c1-52(21-62)12-13-57-23-78-58(31(57)14-52)11-7-30-53(2)9-8-33(54(3,22-63)29(53)6-10-55(30,4)56(58,5)15-32(57)65)83-50-45(85-49-43(75)40(72)36(68)26(17-60)80-49)38(70)28(20-77-50)82-51-46(86-47-41(73)34(66)24(64)19-76-47)44(37(69)27(18-61)81-51)84-48-42(74)39(71)35(67)25(16-59)79-48/h21,24-51,59-61,63-75H,6-20,22-23H2,1-5H3/t24-,25-,26-,27-,28+,29?,30?,31?,32-,33+,34+,35-,36-,37-,38+,39+,40+,41-,42-,43-,44+,45-,46-,47+,48+,49+,50+,51+,52+,53+,54+,55-,56+,57-,58+/m1/s1. The lowest BCUT2D eigenvalue weighted by Crippen LogP contribution is -2.74. The molecule has 5 aliphatic carbocycles. The van der Waals surface area contributed by atoms with Gasteiger partial charge in [-0.15, -0.1) is 0 Å². The fraction of sp³-hybridized carbons (Fsp3) is 0.983. The number of fused-ring (bicyclic) bond motifs is 4. The average molecular weight is 1240 g/mol. The number of hydrogen-bond donors (Lipinski definition) is 16. The third kappa shape index (κ3) is 10.2. The van der Waals surface area contributed by atoms with Crippen molar-refractivity contribution in [3.8, 4) is 0 Å². The van der Waals surface area contributed by atoms with Gasteiger partial charge in [-0.05, 0) is 92.8 Å². The molecule has 5 saturated carbocycles. The normalized spacial score (nSPS) is 58.2. The molecular weight excluding hydrogens is 1140 g/mol. The van der Waals surface area contributed by atoms with Gasteiger partial charge in [0.25, 0.3) is 0 Å². The van der Waals surface area contributed by atoms with Crippen LogP contribution in [0.25, 0.3) is 0 Å². The average Bonchev–Trinajstić information content (AvgIpc) is 1.29. The van der Waals surface area contributed by atoms with Crippen molar-refractivity contribution in [2.45, 2.75) is 258 Å². The fourth-order valence-electron chi connectivity index (χ4n) is 18.9. The lowest BCUT2D eigenvalue weighted by molar-refractivity contribution is -0.405. The topological polar surface area (TPSA) is 442 Å². The molecule has 28 nitrogen and oxygen atoms in total. The molecule has 3 unspecified atom stereocenters. The minimum Gasteiger partial charge on any atom is -0.396 e. The first-order valence-corrected chi connectivity index (χ1v) is 30.8. The highest BCUT2D eigenvalue weighted by Gasteiger charge is 2.80. The predicted octanol–water partition coefficient (Wildman–Crippen LogP) is -5.10. The van der Waals surface area contributed by atoms with Crippen LogP contribution in [0.3, 0.4) is 0 Å². The summed E-state index contributed by atoms with van der Waals surface area (Å²) < 4.78 is 68.4. The van der Waals surface area contributed by atoms with E-state index in [4.69, 9.17) is 52.1 Å². The Morgan fingerprint density at radius 1 is 0.488 bits per heavy atom. The van der Waals surface area contributed by atoms with Gasteiger partial charge in [-0.1, -0.05) is 34.6 Å². The molecule has 0 aromatic rings. The van der Waals surface area contributed by atoms with Crippen molar-refractivity contribution in [1.82, 2.24) is 0 Å². The maximum Gasteiger partial charge on any atom is 0.187 e. The highest BCUT2D eigenvalue weighted by atomic mass is 16.8. The van der Waals surface area contributed by atoms with Crippen molar-refractivity contribution in [2.24, 2.45) is 50.2 Å². The van der Waals surface area contributed by atoms with Crippen molar-refractivity contribution in [2.75, 3.05) is 46.2 Å². The Hall–Kier alpha value is -1.41. The van der Waals surface area contributed by atoms with Crippen LogP contribution in [0.5, 0.6) is 0 Å². The molecule has 494 valence electrons. The molecule has 11 fully saturated rings. The largest absolute Gasteiger partial charge is 0.396 e. The van der Waals surface area contributed by atoms with Crippen molar-refractivity contribution in [1.29, 1.82) is 0 Å². The van der Waals surface area contributed by atoms with Gasteiger partial charge < -0.3 is 139 Å². The molecule has 11 rings (SSSR count). The maximum absolute atomic E-state index is 12.7. The highest BCUT2D eigenvalue weighted by Crippen LogP contribution is 2.80. The first-order valence-electron chi connectivity index (χ1n) is 30.8. The van der Waals surface area contributed by atoms with Crippen molar-refractivity contribution >= 4 is 6.29 Å². The van der Waals surface area contributed by atoms with Gasteiger partial charge in [0.2, 0.25) is 0 Å². The third-order valence-corrected chi connectivity index (χ3v) is 24.2.